The van der Waals surface area contributed by atoms with Gasteiger partial charge >= 0.3 is 0 Å². The van der Waals surface area contributed by atoms with Gasteiger partial charge in [-0.25, -0.2) is 0 Å². The highest BCUT2D eigenvalue weighted by Gasteiger charge is 2.30. The van der Waals surface area contributed by atoms with E-state index in [1.54, 1.807) is 0 Å². The number of likely N-dealkylation sites (tertiary alicyclic amines) is 1. The zero-order chi connectivity index (χ0) is 18.5. The van der Waals surface area contributed by atoms with Crippen LogP contribution in [0.25, 0.3) is 0 Å². The Morgan fingerprint density at radius 3 is 2.59 bits per heavy atom. The Morgan fingerprint density at radius 2 is 1.96 bits per heavy atom. The Morgan fingerprint density at radius 1 is 1.22 bits per heavy atom. The van der Waals surface area contributed by atoms with Gasteiger partial charge in [0.15, 0.2) is 5.96 Å². The Labute approximate surface area is 181 Å². The van der Waals surface area contributed by atoms with Crippen LogP contribution in [0.4, 0.5) is 0 Å². The third-order valence-electron chi connectivity index (χ3n) is 6.04. The van der Waals surface area contributed by atoms with Crippen molar-refractivity contribution in [2.24, 2.45) is 12.0 Å². The molecule has 2 aliphatic rings. The first-order valence-corrected chi connectivity index (χ1v) is 10.4. The summed E-state index contributed by atoms with van der Waals surface area (Å²) in [5, 5.41) is 11.6. The van der Waals surface area contributed by atoms with Gasteiger partial charge in [-0.3, -0.25) is 14.6 Å². The second-order valence-electron chi connectivity index (χ2n) is 7.85. The van der Waals surface area contributed by atoms with Crippen molar-refractivity contribution in [3.8, 4) is 0 Å². The summed E-state index contributed by atoms with van der Waals surface area (Å²) in [7, 11) is 2.01. The van der Waals surface area contributed by atoms with Crippen molar-refractivity contribution in [2.45, 2.75) is 71.4 Å². The third kappa shape index (κ3) is 5.82. The van der Waals surface area contributed by atoms with Crippen molar-refractivity contribution in [3.05, 3.63) is 17.0 Å². The van der Waals surface area contributed by atoms with Gasteiger partial charge in [-0.05, 0) is 52.0 Å². The van der Waals surface area contributed by atoms with Crippen LogP contribution >= 0.6 is 24.0 Å². The maximum atomic E-state index is 4.83. The molecular formula is C20H37IN6. The molecular weight excluding hydrogens is 451 g/mol. The van der Waals surface area contributed by atoms with Crippen LogP contribution in [0.5, 0.6) is 0 Å². The van der Waals surface area contributed by atoms with Crippen molar-refractivity contribution in [1.82, 2.24) is 25.3 Å². The summed E-state index contributed by atoms with van der Waals surface area (Å²) in [5.74, 6) is 0.963. The first-order chi connectivity index (χ1) is 12.6. The minimum atomic E-state index is 0. The highest BCUT2D eigenvalue weighted by Crippen LogP contribution is 2.26. The van der Waals surface area contributed by atoms with Gasteiger partial charge in [-0.1, -0.05) is 12.8 Å². The van der Waals surface area contributed by atoms with Crippen molar-refractivity contribution in [2.75, 3.05) is 26.2 Å². The van der Waals surface area contributed by atoms with Crippen molar-refractivity contribution in [1.29, 1.82) is 0 Å². The van der Waals surface area contributed by atoms with Crippen molar-refractivity contribution >= 4 is 29.9 Å². The van der Waals surface area contributed by atoms with Crippen LogP contribution in [0.1, 0.15) is 56.0 Å². The fraction of sp³-hybridized carbons (Fsp3) is 0.800. The molecule has 1 atom stereocenters. The van der Waals surface area contributed by atoms with E-state index >= 15 is 0 Å². The molecule has 2 N–H and O–H groups in total. The molecule has 0 amide bonds. The number of hydrogen-bond acceptors (Lipinski definition) is 3. The van der Waals surface area contributed by atoms with Gasteiger partial charge in [0.1, 0.15) is 0 Å². The van der Waals surface area contributed by atoms with Gasteiger partial charge < -0.3 is 10.6 Å². The molecule has 154 valence electrons. The lowest BCUT2D eigenvalue weighted by Gasteiger charge is -2.24. The number of aryl methyl sites for hydroxylation is 2. The number of aliphatic imine (C=N–C) groups is 1. The summed E-state index contributed by atoms with van der Waals surface area (Å²) in [4.78, 5) is 7.52. The third-order valence-corrected chi connectivity index (χ3v) is 6.04. The monoisotopic (exact) mass is 488 g/mol. The van der Waals surface area contributed by atoms with Crippen LogP contribution in [0.3, 0.4) is 0 Å². The molecule has 1 saturated carbocycles. The molecule has 0 spiro atoms. The van der Waals surface area contributed by atoms with E-state index in [4.69, 9.17) is 4.99 Å². The Balaban J connectivity index is 0.00000261. The molecule has 3 rings (SSSR count). The maximum absolute atomic E-state index is 4.83. The molecule has 1 unspecified atom stereocenters. The zero-order valence-corrected chi connectivity index (χ0v) is 19.8. The predicted octanol–water partition coefficient (Wildman–Crippen LogP) is 2.77. The SMILES string of the molecule is CCNC(=NCCc1c(C)nn(C)c1C)NC1CCN(C2CCCC2)C1.I. The zero-order valence-electron chi connectivity index (χ0n) is 17.4. The molecule has 1 aliphatic carbocycles. The van der Waals surface area contributed by atoms with Crippen LogP contribution in [-0.2, 0) is 13.5 Å². The average molecular weight is 488 g/mol. The number of nitrogens with one attached hydrogen (secondary N) is 2. The van der Waals surface area contributed by atoms with Gasteiger partial charge in [-0.15, -0.1) is 24.0 Å². The first-order valence-electron chi connectivity index (χ1n) is 10.4. The number of hydrogen-bond donors (Lipinski definition) is 2. The summed E-state index contributed by atoms with van der Waals surface area (Å²) < 4.78 is 1.97. The minimum Gasteiger partial charge on any atom is -0.357 e. The van der Waals surface area contributed by atoms with E-state index in [2.05, 4.69) is 41.4 Å². The number of guanidine groups is 1. The number of halogens is 1. The van der Waals surface area contributed by atoms with Crippen LogP contribution in [0, 0.1) is 13.8 Å². The lowest BCUT2D eigenvalue weighted by molar-refractivity contribution is 0.242. The van der Waals surface area contributed by atoms with Gasteiger partial charge in [0.05, 0.1) is 5.69 Å². The van der Waals surface area contributed by atoms with Crippen LogP contribution < -0.4 is 10.6 Å². The lowest BCUT2D eigenvalue weighted by atomic mass is 10.1. The second kappa shape index (κ2) is 10.6. The van der Waals surface area contributed by atoms with E-state index in [-0.39, 0.29) is 24.0 Å². The average Bonchev–Trinajstić information content (AvgIpc) is 3.33. The fourth-order valence-electron chi connectivity index (χ4n) is 4.48. The van der Waals surface area contributed by atoms with Crippen molar-refractivity contribution < 1.29 is 0 Å². The molecule has 1 aliphatic heterocycles. The number of rotatable bonds is 6. The van der Waals surface area contributed by atoms with Gasteiger partial charge in [0.25, 0.3) is 0 Å². The Kier molecular flexibility index (Phi) is 8.85. The molecule has 27 heavy (non-hydrogen) atoms. The van der Waals surface area contributed by atoms with Crippen LogP contribution in [0.2, 0.25) is 0 Å². The van der Waals surface area contributed by atoms with E-state index < -0.39 is 0 Å². The van der Waals surface area contributed by atoms with Gasteiger partial charge in [0, 0.05) is 51.0 Å². The first kappa shape index (κ1) is 22.5. The van der Waals surface area contributed by atoms with Crippen LogP contribution in [0.15, 0.2) is 4.99 Å². The quantitative estimate of drug-likeness (QED) is 0.368. The lowest BCUT2D eigenvalue weighted by Crippen LogP contribution is -2.45. The minimum absolute atomic E-state index is 0. The van der Waals surface area contributed by atoms with E-state index in [1.165, 1.54) is 49.9 Å². The molecule has 0 radical (unpaired) electrons. The van der Waals surface area contributed by atoms with Crippen molar-refractivity contribution in [3.63, 3.8) is 0 Å². The van der Waals surface area contributed by atoms with Gasteiger partial charge in [-0.2, -0.15) is 5.10 Å². The Hall–Kier alpha value is -0.830. The molecule has 1 aromatic heterocycles. The van der Waals surface area contributed by atoms with E-state index in [0.717, 1.165) is 43.8 Å². The molecule has 0 bridgehead atoms. The highest BCUT2D eigenvalue weighted by atomic mass is 127. The second-order valence-corrected chi connectivity index (χ2v) is 7.85. The smallest absolute Gasteiger partial charge is 0.191 e. The van der Waals surface area contributed by atoms with E-state index in [1.807, 2.05) is 11.7 Å². The highest BCUT2D eigenvalue weighted by molar-refractivity contribution is 14.0. The molecule has 6 nitrogen and oxygen atoms in total. The number of aromatic nitrogens is 2. The topological polar surface area (TPSA) is 57.5 Å². The summed E-state index contributed by atoms with van der Waals surface area (Å²) in [6, 6.07) is 1.35. The van der Waals surface area contributed by atoms with Crippen LogP contribution in [-0.4, -0.2) is 58.9 Å². The normalized spacial score (nSPS) is 21.5. The molecule has 2 fully saturated rings. The molecule has 0 aromatic carbocycles. The molecule has 1 aromatic rings. The maximum Gasteiger partial charge on any atom is 0.191 e. The molecule has 7 heteroatoms. The largest absolute Gasteiger partial charge is 0.357 e. The van der Waals surface area contributed by atoms with E-state index in [9.17, 15) is 0 Å². The van der Waals surface area contributed by atoms with E-state index in [0.29, 0.717) is 6.04 Å². The standard InChI is InChI=1S/C20H36N6.HI/c1-5-21-20(22-12-10-19-15(2)24-25(4)16(19)3)23-17-11-13-26(14-17)18-8-6-7-9-18;/h17-18H,5-14H2,1-4H3,(H2,21,22,23);1H. The fourth-order valence-corrected chi connectivity index (χ4v) is 4.48. The summed E-state index contributed by atoms with van der Waals surface area (Å²) in [5.41, 5.74) is 3.71. The summed E-state index contributed by atoms with van der Waals surface area (Å²) in [6.45, 7) is 10.4. The summed E-state index contributed by atoms with van der Waals surface area (Å²) in [6.07, 6.45) is 7.78. The molecule has 1 saturated heterocycles. The number of nitrogens with zero attached hydrogens (tertiary/aromatic N) is 4. The Bertz CT molecular complexity index is 620. The molecule has 2 heterocycles. The van der Waals surface area contributed by atoms with Gasteiger partial charge in [0.2, 0.25) is 0 Å². The predicted molar refractivity (Wildman–Crippen MR) is 123 cm³/mol. The summed E-state index contributed by atoms with van der Waals surface area (Å²) >= 11 is 0.